The molecule has 2 unspecified atom stereocenters. The molecule has 0 bridgehead atoms. The molecule has 0 aromatic heterocycles. The van der Waals surface area contributed by atoms with Gasteiger partial charge in [0.2, 0.25) is 0 Å². The monoisotopic (exact) mass is 572 g/mol. The smallest absolute Gasteiger partial charge is 0.406 e. The van der Waals surface area contributed by atoms with E-state index in [9.17, 15) is 18.0 Å². The number of carbonyl (C=O) groups is 1. The lowest BCUT2D eigenvalue weighted by Gasteiger charge is -2.29. The Morgan fingerprint density at radius 2 is 1.90 bits per heavy atom. The second-order valence-corrected chi connectivity index (χ2v) is 10.0. The number of nitrogens with one attached hydrogen (secondary N) is 3. The summed E-state index contributed by atoms with van der Waals surface area (Å²) in [5.74, 6) is -0.231. The quantitative estimate of drug-likeness (QED) is 0.130. The molecule has 10 nitrogen and oxygen atoms in total. The molecule has 4 rings (SSSR count). The Kier molecular flexibility index (Phi) is 9.40. The van der Waals surface area contributed by atoms with Crippen molar-refractivity contribution >= 4 is 23.4 Å². The molecule has 0 aliphatic carbocycles. The first kappa shape index (κ1) is 29.7. The van der Waals surface area contributed by atoms with Crippen LogP contribution >= 0.6 is 0 Å². The molecule has 220 valence electrons. The minimum Gasteiger partial charge on any atom is -0.406 e. The van der Waals surface area contributed by atoms with Gasteiger partial charge in [0.1, 0.15) is 11.9 Å². The maximum Gasteiger partial charge on any atom is 0.573 e. The van der Waals surface area contributed by atoms with Crippen LogP contribution in [0.1, 0.15) is 36.5 Å². The molecule has 2 amide bonds. The summed E-state index contributed by atoms with van der Waals surface area (Å²) >= 11 is 0. The SMILES string of the molecule is CC(N)CCc1cc(OC(F)(F)F)cc(C2=CC3=CN(c4ccc(CNCCCN=C(N)N)cc4)C(=O)NC3N2)c1. The van der Waals surface area contributed by atoms with E-state index in [1.807, 2.05) is 31.2 Å². The number of fused-ring (bicyclic) bond motifs is 1. The molecular formula is C28H35F3N8O2. The van der Waals surface area contributed by atoms with Crippen LogP contribution in [0.3, 0.4) is 0 Å². The number of hydrogen-bond donors (Lipinski definition) is 6. The zero-order valence-corrected chi connectivity index (χ0v) is 22.7. The summed E-state index contributed by atoms with van der Waals surface area (Å²) in [5, 5.41) is 9.40. The topological polar surface area (TPSA) is 156 Å². The standard InChI is InChI=1S/C28H35F3N8O2/c1-17(32)3-4-19-11-20(13-23(12-19)41-28(29,30)31)24-14-21-16-39(27(40)38-25(21)37-24)22-7-5-18(6-8-22)15-35-9-2-10-36-26(33)34/h5-8,11-14,16-17,25,35,37H,2-4,9-10,15,32H2,1H3,(H,38,40)(H4,33,34,36). The average molecular weight is 573 g/mol. The highest BCUT2D eigenvalue weighted by Crippen LogP contribution is 2.32. The minimum atomic E-state index is -4.82. The molecular weight excluding hydrogens is 537 g/mol. The van der Waals surface area contributed by atoms with Crippen molar-refractivity contribution in [2.75, 3.05) is 18.0 Å². The van der Waals surface area contributed by atoms with E-state index >= 15 is 0 Å². The Morgan fingerprint density at radius 1 is 1.15 bits per heavy atom. The lowest BCUT2D eigenvalue weighted by atomic mass is 10.0. The number of carbonyl (C=O) groups excluding carboxylic acids is 1. The third-order valence-corrected chi connectivity index (χ3v) is 6.46. The van der Waals surface area contributed by atoms with Crippen molar-refractivity contribution in [1.29, 1.82) is 0 Å². The first-order chi connectivity index (χ1) is 19.5. The highest BCUT2D eigenvalue weighted by Gasteiger charge is 2.33. The van der Waals surface area contributed by atoms with Crippen LogP contribution < -0.4 is 42.8 Å². The number of aliphatic imine (C=N–C) groups is 1. The van der Waals surface area contributed by atoms with Gasteiger partial charge in [-0.15, -0.1) is 13.2 Å². The van der Waals surface area contributed by atoms with Gasteiger partial charge < -0.3 is 37.9 Å². The van der Waals surface area contributed by atoms with E-state index < -0.39 is 12.5 Å². The van der Waals surface area contributed by atoms with E-state index in [4.69, 9.17) is 17.2 Å². The number of ether oxygens (including phenoxy) is 1. The molecule has 2 aromatic rings. The summed E-state index contributed by atoms with van der Waals surface area (Å²) in [4.78, 5) is 18.3. The lowest BCUT2D eigenvalue weighted by Crippen LogP contribution is -2.51. The van der Waals surface area contributed by atoms with E-state index in [0.717, 1.165) is 24.1 Å². The number of nitrogens with zero attached hydrogens (tertiary/aromatic N) is 2. The number of aryl methyl sites for hydroxylation is 1. The number of rotatable bonds is 12. The van der Waals surface area contributed by atoms with Crippen molar-refractivity contribution in [3.8, 4) is 5.75 Å². The Balaban J connectivity index is 1.47. The van der Waals surface area contributed by atoms with Crippen LogP contribution in [0.2, 0.25) is 0 Å². The molecule has 41 heavy (non-hydrogen) atoms. The van der Waals surface area contributed by atoms with Crippen molar-refractivity contribution < 1.29 is 22.7 Å². The first-order valence-electron chi connectivity index (χ1n) is 13.3. The van der Waals surface area contributed by atoms with Crippen molar-refractivity contribution in [3.63, 3.8) is 0 Å². The predicted octanol–water partition coefficient (Wildman–Crippen LogP) is 3.00. The number of amides is 2. The van der Waals surface area contributed by atoms with E-state index in [0.29, 0.717) is 48.4 Å². The van der Waals surface area contributed by atoms with Crippen molar-refractivity contribution in [2.45, 2.75) is 51.3 Å². The normalized spacial score (nSPS) is 17.1. The lowest BCUT2D eigenvalue weighted by molar-refractivity contribution is -0.274. The number of nitrogens with two attached hydrogens (primary N) is 3. The second-order valence-electron chi connectivity index (χ2n) is 10.0. The van der Waals surface area contributed by atoms with Crippen molar-refractivity contribution in [2.24, 2.45) is 22.2 Å². The van der Waals surface area contributed by atoms with Crippen LogP contribution in [0.25, 0.3) is 5.70 Å². The molecule has 2 aromatic carbocycles. The van der Waals surface area contributed by atoms with E-state index in [1.165, 1.54) is 17.0 Å². The first-order valence-corrected chi connectivity index (χ1v) is 13.3. The number of benzene rings is 2. The number of anilines is 1. The Hall–Kier alpha value is -4.23. The maximum atomic E-state index is 13.0. The van der Waals surface area contributed by atoms with Gasteiger partial charge in [0.15, 0.2) is 5.96 Å². The van der Waals surface area contributed by atoms with Gasteiger partial charge >= 0.3 is 12.4 Å². The minimum absolute atomic E-state index is 0.0793. The molecule has 2 aliphatic rings. The number of guanidine groups is 1. The molecule has 2 atom stereocenters. The third kappa shape index (κ3) is 8.63. The van der Waals surface area contributed by atoms with Crippen molar-refractivity contribution in [1.82, 2.24) is 16.0 Å². The van der Waals surface area contributed by atoms with Gasteiger partial charge in [-0.1, -0.05) is 12.1 Å². The largest absolute Gasteiger partial charge is 0.573 e. The van der Waals surface area contributed by atoms with E-state index in [2.05, 4.69) is 25.7 Å². The van der Waals surface area contributed by atoms with E-state index in [-0.39, 0.29) is 23.8 Å². The number of hydrogen-bond acceptors (Lipinski definition) is 6. The number of urea groups is 1. The second kappa shape index (κ2) is 13.0. The van der Waals surface area contributed by atoms with Gasteiger partial charge in [-0.2, -0.15) is 0 Å². The van der Waals surface area contributed by atoms with Crippen molar-refractivity contribution in [3.05, 3.63) is 77.0 Å². The molecule has 0 saturated carbocycles. The molecule has 13 heteroatoms. The van der Waals surface area contributed by atoms with Crippen LogP contribution in [0, 0.1) is 0 Å². The van der Waals surface area contributed by atoms with Gasteiger partial charge in [-0.05, 0) is 80.3 Å². The molecule has 0 fully saturated rings. The summed E-state index contributed by atoms with van der Waals surface area (Å²) in [6, 6.07) is 11.6. The maximum absolute atomic E-state index is 13.0. The number of alkyl halides is 3. The third-order valence-electron chi connectivity index (χ3n) is 6.46. The van der Waals surface area contributed by atoms with Crippen LogP contribution in [0.5, 0.6) is 5.75 Å². The number of halogens is 3. The van der Waals surface area contributed by atoms with Gasteiger partial charge in [-0.3, -0.25) is 9.89 Å². The highest BCUT2D eigenvalue weighted by atomic mass is 19.4. The molecule has 2 aliphatic heterocycles. The van der Waals surface area contributed by atoms with Crippen LogP contribution in [0.15, 0.2) is 65.3 Å². The van der Waals surface area contributed by atoms with Crippen LogP contribution in [-0.4, -0.2) is 43.7 Å². The highest BCUT2D eigenvalue weighted by molar-refractivity contribution is 5.96. The molecule has 0 saturated heterocycles. The molecule has 9 N–H and O–H groups in total. The van der Waals surface area contributed by atoms with Gasteiger partial charge in [0, 0.05) is 42.2 Å². The van der Waals surface area contributed by atoms with Gasteiger partial charge in [0.25, 0.3) is 0 Å². The van der Waals surface area contributed by atoms with Gasteiger partial charge in [0.05, 0.1) is 5.69 Å². The Morgan fingerprint density at radius 3 is 2.59 bits per heavy atom. The van der Waals surface area contributed by atoms with Crippen LogP contribution in [0.4, 0.5) is 23.7 Å². The molecule has 0 spiro atoms. The fraction of sp³-hybridized carbons (Fsp3) is 0.357. The summed E-state index contributed by atoms with van der Waals surface area (Å²) in [5.41, 5.74) is 20.7. The summed E-state index contributed by atoms with van der Waals surface area (Å²) in [6.45, 7) is 3.80. The van der Waals surface area contributed by atoms with Crippen LogP contribution in [-0.2, 0) is 13.0 Å². The fourth-order valence-electron chi connectivity index (χ4n) is 4.49. The summed E-state index contributed by atoms with van der Waals surface area (Å²) < 4.78 is 43.2. The zero-order valence-electron chi connectivity index (χ0n) is 22.7. The molecule has 0 radical (unpaired) electrons. The fourth-order valence-corrected chi connectivity index (χ4v) is 4.49. The Labute approximate surface area is 236 Å². The van der Waals surface area contributed by atoms with E-state index in [1.54, 1.807) is 18.3 Å². The summed E-state index contributed by atoms with van der Waals surface area (Å²) in [7, 11) is 0. The predicted molar refractivity (Wildman–Crippen MR) is 153 cm³/mol. The summed E-state index contributed by atoms with van der Waals surface area (Å²) in [6.07, 6.45) is 0.0841. The average Bonchev–Trinajstić information content (AvgIpc) is 3.31. The Bertz CT molecular complexity index is 1320. The molecule has 2 heterocycles. The van der Waals surface area contributed by atoms with Gasteiger partial charge in [-0.25, -0.2) is 4.79 Å². The zero-order chi connectivity index (χ0) is 29.6.